The maximum Gasteiger partial charge on any atom is 0.266 e. The van der Waals surface area contributed by atoms with Crippen LogP contribution in [-0.4, -0.2) is 35.6 Å². The van der Waals surface area contributed by atoms with Crippen LogP contribution in [0.15, 0.2) is 22.7 Å². The number of hydrogen-bond acceptors (Lipinski definition) is 4. The van der Waals surface area contributed by atoms with Crippen molar-refractivity contribution >= 4 is 48.9 Å². The second kappa shape index (κ2) is 5.48. The molecule has 0 spiro atoms. The summed E-state index contributed by atoms with van der Waals surface area (Å²) in [6.07, 6.45) is 0. The lowest BCUT2D eigenvalue weighted by atomic mass is 10.2. The molecule has 1 amide bonds. The SMILES string of the molecule is CC(CO)N(C)C(=O)c1sc2ccc(Br)cc2c1N. The van der Waals surface area contributed by atoms with Crippen molar-refractivity contribution in [3.8, 4) is 0 Å². The van der Waals surface area contributed by atoms with Gasteiger partial charge in [0.1, 0.15) is 4.88 Å². The molecule has 0 aliphatic carbocycles. The van der Waals surface area contributed by atoms with Crippen LogP contribution >= 0.6 is 27.3 Å². The van der Waals surface area contributed by atoms with Crippen LogP contribution < -0.4 is 5.73 Å². The number of nitrogen functional groups attached to an aromatic ring is 1. The average Bonchev–Trinajstić information content (AvgIpc) is 2.73. The number of likely N-dealkylation sites (N-methyl/N-ethyl adjacent to an activating group) is 1. The van der Waals surface area contributed by atoms with Crippen LogP contribution in [0.3, 0.4) is 0 Å². The lowest BCUT2D eigenvalue weighted by molar-refractivity contribution is 0.0688. The number of aliphatic hydroxyl groups is 1. The van der Waals surface area contributed by atoms with E-state index in [-0.39, 0.29) is 18.6 Å². The van der Waals surface area contributed by atoms with E-state index in [0.29, 0.717) is 10.6 Å². The Kier molecular flexibility index (Phi) is 4.13. The summed E-state index contributed by atoms with van der Waals surface area (Å²) in [5.41, 5.74) is 6.57. The molecule has 0 bridgehead atoms. The van der Waals surface area contributed by atoms with E-state index in [0.717, 1.165) is 14.6 Å². The van der Waals surface area contributed by atoms with Crippen LogP contribution in [0, 0.1) is 0 Å². The molecule has 0 fully saturated rings. The van der Waals surface area contributed by atoms with E-state index in [1.807, 2.05) is 18.2 Å². The van der Waals surface area contributed by atoms with Crippen molar-refractivity contribution < 1.29 is 9.90 Å². The number of aliphatic hydroxyl groups excluding tert-OH is 1. The fraction of sp³-hybridized carbons (Fsp3) is 0.308. The van der Waals surface area contributed by atoms with Gasteiger partial charge in [-0.2, -0.15) is 0 Å². The molecule has 102 valence electrons. The van der Waals surface area contributed by atoms with Crippen LogP contribution in [0.2, 0.25) is 0 Å². The number of nitrogens with two attached hydrogens (primary N) is 1. The second-order valence-electron chi connectivity index (χ2n) is 4.43. The molecule has 2 aromatic rings. The Morgan fingerprint density at radius 3 is 2.89 bits per heavy atom. The average molecular weight is 343 g/mol. The minimum atomic E-state index is -0.233. The van der Waals surface area contributed by atoms with Crippen molar-refractivity contribution in [2.24, 2.45) is 0 Å². The van der Waals surface area contributed by atoms with Gasteiger partial charge in [0.05, 0.1) is 18.3 Å². The standard InChI is InChI=1S/C13H15BrN2O2S/c1-7(6-17)16(2)13(18)12-11(15)9-5-8(14)3-4-10(9)19-12/h3-5,7,17H,6,15H2,1-2H3. The number of anilines is 1. The van der Waals surface area contributed by atoms with E-state index in [1.54, 1.807) is 14.0 Å². The van der Waals surface area contributed by atoms with Gasteiger partial charge in [-0.15, -0.1) is 11.3 Å². The minimum Gasteiger partial charge on any atom is -0.397 e. The Balaban J connectivity index is 2.46. The van der Waals surface area contributed by atoms with Crippen LogP contribution in [0.4, 0.5) is 5.69 Å². The van der Waals surface area contributed by atoms with Gasteiger partial charge in [-0.25, -0.2) is 0 Å². The van der Waals surface area contributed by atoms with Gasteiger partial charge >= 0.3 is 0 Å². The number of amides is 1. The number of hydrogen-bond donors (Lipinski definition) is 2. The first-order chi connectivity index (χ1) is 8.95. The molecule has 1 aromatic heterocycles. The lowest BCUT2D eigenvalue weighted by Crippen LogP contribution is -2.37. The first kappa shape index (κ1) is 14.3. The van der Waals surface area contributed by atoms with Crippen molar-refractivity contribution in [2.45, 2.75) is 13.0 Å². The summed E-state index contributed by atoms with van der Waals surface area (Å²) in [5, 5.41) is 10.0. The zero-order chi connectivity index (χ0) is 14.2. The molecule has 1 aromatic carbocycles. The molecule has 0 saturated heterocycles. The summed E-state index contributed by atoms with van der Waals surface area (Å²) in [4.78, 5) is 14.4. The predicted molar refractivity (Wildman–Crippen MR) is 82.6 cm³/mol. The summed E-state index contributed by atoms with van der Waals surface area (Å²) in [7, 11) is 1.67. The van der Waals surface area contributed by atoms with Crippen LogP contribution in [0.5, 0.6) is 0 Å². The van der Waals surface area contributed by atoms with E-state index < -0.39 is 0 Å². The number of fused-ring (bicyclic) bond motifs is 1. The molecule has 6 heteroatoms. The molecule has 0 radical (unpaired) electrons. The van der Waals surface area contributed by atoms with Gasteiger partial charge in [-0.3, -0.25) is 4.79 Å². The Labute approximate surface area is 124 Å². The predicted octanol–water partition coefficient (Wildman–Crippen LogP) is 2.70. The molecule has 0 saturated carbocycles. The monoisotopic (exact) mass is 342 g/mol. The number of rotatable bonds is 3. The first-order valence-corrected chi connectivity index (χ1v) is 7.42. The van der Waals surface area contributed by atoms with Gasteiger partial charge < -0.3 is 15.7 Å². The molecule has 19 heavy (non-hydrogen) atoms. The molecular weight excluding hydrogens is 328 g/mol. The molecule has 2 rings (SSSR count). The highest BCUT2D eigenvalue weighted by Gasteiger charge is 2.22. The number of halogens is 1. The van der Waals surface area contributed by atoms with E-state index in [4.69, 9.17) is 10.8 Å². The van der Waals surface area contributed by atoms with Crippen molar-refractivity contribution in [1.82, 2.24) is 4.90 Å². The zero-order valence-corrected chi connectivity index (χ0v) is 13.1. The summed E-state index contributed by atoms with van der Waals surface area (Å²) >= 11 is 4.78. The van der Waals surface area contributed by atoms with Crippen LogP contribution in [0.25, 0.3) is 10.1 Å². The maximum atomic E-state index is 12.4. The summed E-state index contributed by atoms with van der Waals surface area (Å²) < 4.78 is 1.91. The smallest absolute Gasteiger partial charge is 0.266 e. The van der Waals surface area contributed by atoms with Gasteiger partial charge in [0.2, 0.25) is 0 Å². The molecular formula is C13H15BrN2O2S. The molecule has 1 heterocycles. The van der Waals surface area contributed by atoms with E-state index in [2.05, 4.69) is 15.9 Å². The van der Waals surface area contributed by atoms with Crippen LogP contribution in [0.1, 0.15) is 16.6 Å². The highest BCUT2D eigenvalue weighted by Crippen LogP contribution is 2.36. The van der Waals surface area contributed by atoms with Gasteiger partial charge in [-0.05, 0) is 25.1 Å². The Hall–Kier alpha value is -1.11. The van der Waals surface area contributed by atoms with Crippen LogP contribution in [-0.2, 0) is 0 Å². The molecule has 0 aliphatic heterocycles. The molecule has 3 N–H and O–H groups in total. The van der Waals surface area contributed by atoms with E-state index in [9.17, 15) is 4.79 Å². The third-order valence-electron chi connectivity index (χ3n) is 3.13. The van der Waals surface area contributed by atoms with Crippen molar-refractivity contribution in [1.29, 1.82) is 0 Å². The maximum absolute atomic E-state index is 12.4. The Bertz CT molecular complexity index is 626. The number of carbonyl (C=O) groups excluding carboxylic acids is 1. The van der Waals surface area contributed by atoms with Gasteiger partial charge in [0, 0.05) is 21.6 Å². The fourth-order valence-corrected chi connectivity index (χ4v) is 3.18. The Morgan fingerprint density at radius 2 is 2.26 bits per heavy atom. The largest absolute Gasteiger partial charge is 0.397 e. The normalized spacial score (nSPS) is 12.6. The highest BCUT2D eigenvalue weighted by atomic mass is 79.9. The lowest BCUT2D eigenvalue weighted by Gasteiger charge is -2.22. The number of thiophene rings is 1. The van der Waals surface area contributed by atoms with Crippen molar-refractivity contribution in [3.05, 3.63) is 27.5 Å². The third-order valence-corrected chi connectivity index (χ3v) is 4.80. The van der Waals surface area contributed by atoms with Gasteiger partial charge in [0.25, 0.3) is 5.91 Å². The van der Waals surface area contributed by atoms with Gasteiger partial charge in [0.15, 0.2) is 0 Å². The minimum absolute atomic E-state index is 0.0708. The topological polar surface area (TPSA) is 66.6 Å². The number of benzene rings is 1. The van der Waals surface area contributed by atoms with Crippen molar-refractivity contribution in [3.63, 3.8) is 0 Å². The summed E-state index contributed by atoms with van der Waals surface area (Å²) in [6.45, 7) is 1.72. The molecule has 4 nitrogen and oxygen atoms in total. The number of nitrogens with zero attached hydrogens (tertiary/aromatic N) is 1. The molecule has 1 atom stereocenters. The first-order valence-electron chi connectivity index (χ1n) is 5.81. The quantitative estimate of drug-likeness (QED) is 0.901. The zero-order valence-electron chi connectivity index (χ0n) is 10.7. The number of carbonyl (C=O) groups is 1. The summed E-state index contributed by atoms with van der Waals surface area (Å²) in [5.74, 6) is -0.156. The van der Waals surface area contributed by atoms with E-state index >= 15 is 0 Å². The molecule has 0 aliphatic rings. The van der Waals surface area contributed by atoms with Crippen molar-refractivity contribution in [2.75, 3.05) is 19.4 Å². The van der Waals surface area contributed by atoms with Gasteiger partial charge in [-0.1, -0.05) is 15.9 Å². The fourth-order valence-electron chi connectivity index (χ4n) is 1.73. The van der Waals surface area contributed by atoms with E-state index in [1.165, 1.54) is 16.2 Å². The second-order valence-corrected chi connectivity index (χ2v) is 6.40. The molecule has 1 unspecified atom stereocenters. The highest BCUT2D eigenvalue weighted by molar-refractivity contribution is 9.10. The summed E-state index contributed by atoms with van der Waals surface area (Å²) in [6, 6.07) is 5.54. The Morgan fingerprint density at radius 1 is 1.58 bits per heavy atom. The third kappa shape index (κ3) is 2.61.